The molecule has 1 aliphatic heterocycles. The number of carboxylic acid groups (broad SMARTS) is 2. The number of carbonyl (C=O) groups excluding carboxylic acids is 1. The van der Waals surface area contributed by atoms with Crippen LogP contribution in [0, 0.1) is 6.92 Å². The Morgan fingerprint density at radius 2 is 1.62 bits per heavy atom. The Balaban J connectivity index is 1.72. The molecule has 0 unspecified atom stereocenters. The zero-order valence-corrected chi connectivity index (χ0v) is 19.3. The normalized spacial score (nSPS) is 16.0. The second-order valence-corrected chi connectivity index (χ2v) is 10.8. The van der Waals surface area contributed by atoms with Gasteiger partial charge < -0.3 is 15.1 Å². The number of hydrogen-bond acceptors (Lipinski definition) is 6. The van der Waals surface area contributed by atoms with Gasteiger partial charge in [-0.25, -0.2) is 18.0 Å². The third kappa shape index (κ3) is 4.69. The third-order valence-electron chi connectivity index (χ3n) is 5.54. The zero-order chi connectivity index (χ0) is 23.6. The Kier molecular flexibility index (Phi) is 7.01. The number of amides is 1. The van der Waals surface area contributed by atoms with E-state index in [2.05, 4.69) is 0 Å². The molecule has 2 aromatic rings. The summed E-state index contributed by atoms with van der Waals surface area (Å²) in [6, 6.07) is 9.64. The number of nitrogens with zero attached hydrogens (tertiary/aromatic N) is 2. The molecule has 0 radical (unpaired) electrons. The number of sulfonamides is 1. The molecular weight excluding hydrogens is 456 g/mol. The lowest BCUT2D eigenvalue weighted by atomic mass is 9.97. The molecule has 1 saturated heterocycles. The van der Waals surface area contributed by atoms with Gasteiger partial charge >= 0.3 is 11.9 Å². The van der Waals surface area contributed by atoms with Crippen LogP contribution in [0.1, 0.15) is 50.4 Å². The van der Waals surface area contributed by atoms with E-state index >= 15 is 0 Å². The maximum Gasteiger partial charge on any atom is 0.346 e. The highest BCUT2D eigenvalue weighted by molar-refractivity contribution is 7.91. The summed E-state index contributed by atoms with van der Waals surface area (Å²) in [5.41, 5.74) is 0.449. The smallest absolute Gasteiger partial charge is 0.346 e. The van der Waals surface area contributed by atoms with Crippen molar-refractivity contribution in [2.45, 2.75) is 30.4 Å². The number of aromatic carboxylic acids is 2. The highest BCUT2D eigenvalue weighted by Gasteiger charge is 2.37. The second kappa shape index (κ2) is 9.39. The standard InChI is InChI=1S/C21H24N2O7S2/c1-13(15-6-4-3-5-7-15)12-16(24)22-8-10-23(11-9-22)32(29,30)21-17(19(25)26)14(2)18(31-21)20(27)28/h3-7,13H,8-12H2,1-2H3,(H,25,26)(H,27,28)/t13-/m0/s1. The SMILES string of the molecule is Cc1c(C(=O)O)sc(S(=O)(=O)N2CCN(C(=O)C[C@H](C)c3ccccc3)CC2)c1C(=O)O. The van der Waals surface area contributed by atoms with Gasteiger partial charge in [0.2, 0.25) is 5.91 Å². The van der Waals surface area contributed by atoms with Crippen LogP contribution in [-0.4, -0.2) is 71.9 Å². The average Bonchev–Trinajstić information content (AvgIpc) is 3.13. The summed E-state index contributed by atoms with van der Waals surface area (Å²) < 4.78 is 26.9. The fourth-order valence-electron chi connectivity index (χ4n) is 3.71. The Morgan fingerprint density at radius 3 is 2.16 bits per heavy atom. The van der Waals surface area contributed by atoms with E-state index < -0.39 is 31.7 Å². The van der Waals surface area contributed by atoms with Crippen LogP contribution >= 0.6 is 11.3 Å². The topological polar surface area (TPSA) is 132 Å². The summed E-state index contributed by atoms with van der Waals surface area (Å²) >= 11 is 0.446. The monoisotopic (exact) mass is 480 g/mol. The molecule has 9 nitrogen and oxygen atoms in total. The molecule has 0 aliphatic carbocycles. The molecular formula is C21H24N2O7S2. The predicted octanol–water partition coefficient (Wildman–Crippen LogP) is 2.48. The maximum absolute atomic E-state index is 13.1. The Morgan fingerprint density at radius 1 is 1.03 bits per heavy atom. The average molecular weight is 481 g/mol. The molecule has 0 bridgehead atoms. The van der Waals surface area contributed by atoms with E-state index in [1.165, 1.54) is 6.92 Å². The van der Waals surface area contributed by atoms with Crippen molar-refractivity contribution in [2.75, 3.05) is 26.2 Å². The van der Waals surface area contributed by atoms with Crippen LogP contribution in [0.2, 0.25) is 0 Å². The van der Waals surface area contributed by atoms with E-state index in [9.17, 15) is 33.0 Å². The van der Waals surface area contributed by atoms with Crippen molar-refractivity contribution >= 4 is 39.2 Å². The van der Waals surface area contributed by atoms with E-state index in [1.54, 1.807) is 4.90 Å². The van der Waals surface area contributed by atoms with Gasteiger partial charge in [0, 0.05) is 32.6 Å². The molecule has 32 heavy (non-hydrogen) atoms. The van der Waals surface area contributed by atoms with Gasteiger partial charge in [0.05, 0.1) is 5.56 Å². The van der Waals surface area contributed by atoms with E-state index in [0.717, 1.165) is 9.87 Å². The first-order valence-corrected chi connectivity index (χ1v) is 12.2. The van der Waals surface area contributed by atoms with Crippen molar-refractivity contribution in [2.24, 2.45) is 0 Å². The molecule has 2 heterocycles. The summed E-state index contributed by atoms with van der Waals surface area (Å²) in [6.07, 6.45) is 0.298. The van der Waals surface area contributed by atoms with Crippen LogP contribution in [0.25, 0.3) is 0 Å². The van der Waals surface area contributed by atoms with Crippen molar-refractivity contribution in [3.05, 3.63) is 51.9 Å². The van der Waals surface area contributed by atoms with Crippen molar-refractivity contribution in [1.82, 2.24) is 9.21 Å². The number of thiophene rings is 1. The zero-order valence-electron chi connectivity index (χ0n) is 17.6. The number of benzene rings is 1. The van der Waals surface area contributed by atoms with Gasteiger partial charge in [-0.15, -0.1) is 11.3 Å². The lowest BCUT2D eigenvalue weighted by molar-refractivity contribution is -0.132. The molecule has 1 fully saturated rings. The summed E-state index contributed by atoms with van der Waals surface area (Å²) in [5.74, 6) is -2.93. The molecule has 1 aromatic carbocycles. The number of rotatable bonds is 7. The second-order valence-electron chi connectivity index (χ2n) is 7.63. The largest absolute Gasteiger partial charge is 0.478 e. The Hall–Kier alpha value is -2.76. The fourth-order valence-corrected chi connectivity index (χ4v) is 6.94. The Bertz CT molecular complexity index is 1130. The number of piperazine rings is 1. The van der Waals surface area contributed by atoms with Crippen LogP contribution in [-0.2, 0) is 14.8 Å². The van der Waals surface area contributed by atoms with Crippen molar-refractivity contribution < 1.29 is 33.0 Å². The summed E-state index contributed by atoms with van der Waals surface area (Å²) in [4.78, 5) is 37.0. The van der Waals surface area contributed by atoms with Gasteiger partial charge in [0.15, 0.2) is 4.21 Å². The molecule has 1 amide bonds. The Labute approximate surface area is 189 Å². The van der Waals surface area contributed by atoms with Crippen molar-refractivity contribution in [3.8, 4) is 0 Å². The third-order valence-corrected chi connectivity index (χ3v) is 9.21. The summed E-state index contributed by atoms with van der Waals surface area (Å²) in [5, 5.41) is 18.8. The summed E-state index contributed by atoms with van der Waals surface area (Å²) in [7, 11) is -4.22. The van der Waals surface area contributed by atoms with Crippen LogP contribution in [0.5, 0.6) is 0 Å². The predicted molar refractivity (Wildman–Crippen MR) is 118 cm³/mol. The van der Waals surface area contributed by atoms with Crippen molar-refractivity contribution in [3.63, 3.8) is 0 Å². The highest BCUT2D eigenvalue weighted by atomic mass is 32.2. The molecule has 3 rings (SSSR count). The van der Waals surface area contributed by atoms with Gasteiger partial charge in [0.25, 0.3) is 10.0 Å². The molecule has 11 heteroatoms. The van der Waals surface area contributed by atoms with Crippen LogP contribution in [0.4, 0.5) is 0 Å². The lowest BCUT2D eigenvalue weighted by Gasteiger charge is -2.34. The van der Waals surface area contributed by atoms with E-state index in [0.29, 0.717) is 17.8 Å². The molecule has 2 N–H and O–H groups in total. The number of hydrogen-bond donors (Lipinski definition) is 2. The molecule has 0 spiro atoms. The summed E-state index contributed by atoms with van der Waals surface area (Å²) in [6.45, 7) is 3.61. The van der Waals surface area contributed by atoms with Crippen LogP contribution < -0.4 is 0 Å². The molecule has 172 valence electrons. The van der Waals surface area contributed by atoms with Crippen LogP contribution in [0.15, 0.2) is 34.5 Å². The first-order chi connectivity index (χ1) is 15.0. The van der Waals surface area contributed by atoms with Gasteiger partial charge in [-0.1, -0.05) is 37.3 Å². The number of carbonyl (C=O) groups is 3. The lowest BCUT2D eigenvalue weighted by Crippen LogP contribution is -2.50. The minimum absolute atomic E-state index is 0.00615. The molecule has 1 aromatic heterocycles. The van der Waals surface area contributed by atoms with Gasteiger partial charge in [-0.05, 0) is 24.0 Å². The van der Waals surface area contributed by atoms with E-state index in [4.69, 9.17) is 0 Å². The quantitative estimate of drug-likeness (QED) is 0.622. The fraction of sp³-hybridized carbons (Fsp3) is 0.381. The van der Waals surface area contributed by atoms with Gasteiger partial charge in [-0.2, -0.15) is 4.31 Å². The van der Waals surface area contributed by atoms with Gasteiger partial charge in [-0.3, -0.25) is 4.79 Å². The minimum atomic E-state index is -4.22. The number of carboxylic acids is 2. The van der Waals surface area contributed by atoms with Crippen molar-refractivity contribution in [1.29, 1.82) is 0 Å². The maximum atomic E-state index is 13.1. The highest BCUT2D eigenvalue weighted by Crippen LogP contribution is 2.34. The first kappa shape index (κ1) is 23.9. The van der Waals surface area contributed by atoms with Crippen LogP contribution in [0.3, 0.4) is 0 Å². The first-order valence-electron chi connectivity index (χ1n) is 9.96. The van der Waals surface area contributed by atoms with E-state index in [1.807, 2.05) is 37.3 Å². The molecule has 1 aliphatic rings. The molecule has 0 saturated carbocycles. The van der Waals surface area contributed by atoms with E-state index in [-0.39, 0.29) is 48.4 Å². The van der Waals surface area contributed by atoms with Gasteiger partial charge in [0.1, 0.15) is 4.88 Å². The molecule has 1 atom stereocenters. The minimum Gasteiger partial charge on any atom is -0.478 e.